The zero-order chi connectivity index (χ0) is 55.7. The van der Waals surface area contributed by atoms with Crippen LogP contribution in [0.25, 0.3) is 0 Å². The second kappa shape index (κ2) is 76.9. The van der Waals surface area contributed by atoms with Crippen molar-refractivity contribution in [1.29, 1.82) is 0 Å². The van der Waals surface area contributed by atoms with Gasteiger partial charge in [-0.1, -0.05) is 317 Å². The number of hydrogen-bond donors (Lipinski definition) is 0. The van der Waals surface area contributed by atoms with Crippen molar-refractivity contribution in [3.8, 4) is 0 Å². The molecule has 0 amide bonds. The van der Waals surface area contributed by atoms with Gasteiger partial charge in [-0.05, 0) is 153 Å². The third-order valence-corrected chi connectivity index (χ3v) is 29.2. The first kappa shape index (κ1) is 140. The summed E-state index contributed by atoms with van der Waals surface area (Å²) in [5.41, 5.74) is 0. The molecule has 0 aromatic carbocycles. The zero-order valence-electron chi connectivity index (χ0n) is 73.7. The Morgan fingerprint density at radius 2 is 0.392 bits per heavy atom. The standard InChI is InChI=1S/2C11H20.2C10H18.3C9H20Si.C5H10.16CH3.2Hf.2Zr/c2*1-2-9-7-8-10-5-3-4-6-11(9)10;2*1-8-6-7-9-4-2-3-5-10(8)9;3*1-10(2,3)8-9-6-4-5-7-9;1-2-4-5-3-1;;;;;;;;;;;;;;;;;;;;/h2*9-11H,2-8H2,1H3;2*8-10H,2-7H2,1H3;3*9H,4-8H2,1-3H3;1-5H2;16*1H3;;;;/q;;;;;;;;16*-1;4*+4. The number of hydrogen-bond acceptors (Lipinski definition) is 0. The molecule has 12 unspecified atom stereocenters. The maximum absolute atomic E-state index is 2.49. The molecular formula is C90H194Hf2Si3Zr2. The summed E-state index contributed by atoms with van der Waals surface area (Å²) in [4.78, 5) is 0. The van der Waals surface area contributed by atoms with Gasteiger partial charge >= 0.3 is 104 Å². The van der Waals surface area contributed by atoms with E-state index >= 15 is 0 Å². The van der Waals surface area contributed by atoms with Crippen molar-refractivity contribution < 1.29 is 104 Å². The normalized spacial score (nSPS) is 27.7. The first-order valence-corrected chi connectivity index (χ1v) is 47.9. The van der Waals surface area contributed by atoms with E-state index in [1.165, 1.54) is 186 Å². The molecule has 12 atom stereocenters. The van der Waals surface area contributed by atoms with Crippen LogP contribution in [0.3, 0.4) is 0 Å². The van der Waals surface area contributed by atoms with Crippen LogP contribution in [-0.4, -0.2) is 24.2 Å². The topological polar surface area (TPSA) is 0 Å². The SMILES string of the molecule is C1CCCC1.CC1CCC2CCCCC12.CC1CCC2CCCCC12.CCC1CCC2CCCCC12.CCC1CCC2CCCCC12.C[Si](C)(C)CC1CCCC1.C[Si](C)(C)CC1CCCC1.C[Si](C)(C)CC1CCCC1.[CH3-].[CH3-].[CH3-].[CH3-].[CH3-].[CH3-].[CH3-].[CH3-].[CH3-].[CH3-].[CH3-].[CH3-].[CH3-].[CH3-].[CH3-].[CH3-].[Hf+4].[Hf+4].[Zr+4].[Zr+4]. The van der Waals surface area contributed by atoms with E-state index in [9.17, 15) is 0 Å². The monoisotopic (exact) mass is 1900 g/mol. The van der Waals surface area contributed by atoms with E-state index in [4.69, 9.17) is 0 Å². The van der Waals surface area contributed by atoms with Crippen molar-refractivity contribution >= 4 is 24.2 Å². The van der Waals surface area contributed by atoms with Crippen LogP contribution < -0.4 is 0 Å². The van der Waals surface area contributed by atoms with Crippen LogP contribution in [0.2, 0.25) is 77.1 Å². The Labute approximate surface area is 709 Å². The second-order valence-corrected chi connectivity index (χ2v) is 50.5. The molecule has 12 fully saturated rings. The van der Waals surface area contributed by atoms with Crippen LogP contribution in [0.5, 0.6) is 0 Å². The fraction of sp³-hybridized carbons (Fsp3) is 0.822. The second-order valence-electron chi connectivity index (χ2n) is 33.9. The van der Waals surface area contributed by atoms with E-state index in [1.54, 1.807) is 108 Å². The molecule has 0 bridgehead atoms. The largest absolute Gasteiger partial charge is 4.00 e. The Morgan fingerprint density at radius 1 is 0.216 bits per heavy atom. The smallest absolute Gasteiger partial charge is 0.358 e. The molecule has 0 heterocycles. The quantitative estimate of drug-likeness (QED) is 0.168. The van der Waals surface area contributed by atoms with Gasteiger partial charge in [-0.2, -0.15) is 0 Å². The van der Waals surface area contributed by atoms with Gasteiger partial charge in [-0.3, -0.25) is 0 Å². The predicted molar refractivity (Wildman–Crippen MR) is 461 cm³/mol. The Morgan fingerprint density at radius 3 is 0.588 bits per heavy atom. The summed E-state index contributed by atoms with van der Waals surface area (Å²) in [7, 11) is -2.17. The summed E-state index contributed by atoms with van der Waals surface area (Å²) in [5.74, 6) is 16.8. The molecule has 7 heteroatoms. The molecule has 0 nitrogen and oxygen atoms in total. The fourth-order valence-corrected chi connectivity index (χ4v) is 26.3. The van der Waals surface area contributed by atoms with Gasteiger partial charge in [-0.25, -0.2) is 0 Å². The van der Waals surface area contributed by atoms with Crippen LogP contribution >= 0.6 is 0 Å². The molecule has 12 rings (SSSR count). The Kier molecular flexibility index (Phi) is 111. The maximum Gasteiger partial charge on any atom is 4.00 e. The zero-order valence-corrected chi connectivity index (χ0v) is 88.8. The molecule has 12 saturated carbocycles. The van der Waals surface area contributed by atoms with Crippen molar-refractivity contribution in [2.24, 2.45) is 88.8 Å². The van der Waals surface area contributed by atoms with Crippen molar-refractivity contribution in [3.63, 3.8) is 0 Å². The van der Waals surface area contributed by atoms with Crippen molar-refractivity contribution in [1.82, 2.24) is 0 Å². The Bertz CT molecular complexity index is 1320. The molecule has 0 radical (unpaired) electrons. The molecule has 0 N–H and O–H groups in total. The van der Waals surface area contributed by atoms with Gasteiger partial charge in [0.05, 0.1) is 0 Å². The van der Waals surface area contributed by atoms with Crippen LogP contribution in [-0.2, 0) is 104 Å². The van der Waals surface area contributed by atoms with E-state index < -0.39 is 24.2 Å². The van der Waals surface area contributed by atoms with Crippen molar-refractivity contribution in [2.75, 3.05) is 0 Å². The molecule has 582 valence electrons. The van der Waals surface area contributed by atoms with Crippen LogP contribution in [0.1, 0.15) is 304 Å². The van der Waals surface area contributed by atoms with E-state index in [2.05, 4.69) is 86.6 Å². The van der Waals surface area contributed by atoms with Gasteiger partial charge in [0, 0.05) is 24.2 Å². The first-order valence-electron chi connectivity index (χ1n) is 36.8. The third-order valence-electron chi connectivity index (χ3n) is 23.8. The summed E-state index contributed by atoms with van der Waals surface area (Å²) < 4.78 is 0. The fourth-order valence-electron chi connectivity index (χ4n) is 19.9. The van der Waals surface area contributed by atoms with Gasteiger partial charge in [0.15, 0.2) is 0 Å². The molecule has 0 aromatic rings. The predicted octanol–water partition coefficient (Wildman–Crippen LogP) is 33.4. The van der Waals surface area contributed by atoms with E-state index in [0.717, 1.165) is 88.8 Å². The van der Waals surface area contributed by atoms with Crippen molar-refractivity contribution in [3.05, 3.63) is 119 Å². The van der Waals surface area contributed by atoms with Gasteiger partial charge in [0.2, 0.25) is 0 Å². The van der Waals surface area contributed by atoms with Crippen LogP contribution in [0, 0.1) is 208 Å². The molecule has 0 aliphatic heterocycles. The van der Waals surface area contributed by atoms with E-state index in [0.29, 0.717) is 0 Å². The molecule has 12 aliphatic carbocycles. The van der Waals surface area contributed by atoms with Crippen LogP contribution in [0.4, 0.5) is 0 Å². The molecule has 0 aromatic heterocycles. The average Bonchev–Trinajstić information content (AvgIpc) is 1.76. The summed E-state index contributed by atoms with van der Waals surface area (Å²) >= 11 is 0. The van der Waals surface area contributed by atoms with Crippen LogP contribution in [0.15, 0.2) is 0 Å². The Balaban J connectivity index is -0.0000000539. The molecule has 97 heavy (non-hydrogen) atoms. The first-order chi connectivity index (χ1) is 36.8. The maximum atomic E-state index is 2.49. The van der Waals surface area contributed by atoms with E-state index in [-0.39, 0.29) is 223 Å². The molecule has 12 aliphatic rings. The van der Waals surface area contributed by atoms with Gasteiger partial charge in [0.1, 0.15) is 0 Å². The summed E-state index contributed by atoms with van der Waals surface area (Å²) in [5, 5.41) is 0. The summed E-state index contributed by atoms with van der Waals surface area (Å²) in [6.45, 7) is 32.1. The molecule has 0 spiro atoms. The van der Waals surface area contributed by atoms with Crippen molar-refractivity contribution in [2.45, 2.75) is 381 Å². The molecular weight excluding hydrogens is 1700 g/mol. The minimum absolute atomic E-state index is 0. The minimum atomic E-state index is -0.722. The minimum Gasteiger partial charge on any atom is -0.358 e. The number of fused-ring (bicyclic) bond motifs is 4. The number of rotatable bonds is 8. The molecule has 0 saturated heterocycles. The average molecular weight is 1900 g/mol. The van der Waals surface area contributed by atoms with Gasteiger partial charge in [-0.15, -0.1) is 0 Å². The summed E-state index contributed by atoms with van der Waals surface area (Å²) in [6, 6.07) is 4.73. The Hall–Kier alpha value is 4.16. The van der Waals surface area contributed by atoms with Gasteiger partial charge < -0.3 is 119 Å². The van der Waals surface area contributed by atoms with Gasteiger partial charge in [0.25, 0.3) is 0 Å². The third kappa shape index (κ3) is 57.8. The summed E-state index contributed by atoms with van der Waals surface area (Å²) in [6.07, 6.45) is 65.6. The van der Waals surface area contributed by atoms with E-state index in [1.807, 2.05) is 0 Å².